The van der Waals surface area contributed by atoms with Crippen molar-refractivity contribution in [1.29, 1.82) is 0 Å². The molecule has 5 nitrogen and oxygen atoms in total. The van der Waals surface area contributed by atoms with Crippen molar-refractivity contribution in [3.63, 3.8) is 0 Å². The molecule has 0 fully saturated rings. The molecule has 100 heavy (non-hydrogen) atoms. The highest BCUT2D eigenvalue weighted by Crippen LogP contribution is 2.38. The maximum Gasteiger partial charge on any atom is 0.141 e. The summed E-state index contributed by atoms with van der Waals surface area (Å²) < 4.78 is 140. The zero-order valence-electron chi connectivity index (χ0n) is 86.6. The van der Waals surface area contributed by atoms with Gasteiger partial charge in [0.05, 0.1) is 16.4 Å². The zero-order valence-corrected chi connectivity index (χ0v) is 69.6. The summed E-state index contributed by atoms with van der Waals surface area (Å²) in [4.78, 5) is 64.6. The van der Waals surface area contributed by atoms with Crippen molar-refractivity contribution >= 4 is 28.9 Å². The minimum atomic E-state index is -1.86. The largest absolute Gasteiger partial charge is 0.299 e. The Morgan fingerprint density at radius 2 is 0.610 bits per heavy atom. The molecule has 0 bridgehead atoms. The third-order valence-electron chi connectivity index (χ3n) is 15.9. The zero-order chi connectivity index (χ0) is 92.7. The van der Waals surface area contributed by atoms with Gasteiger partial charge in [-0.05, 0) is 154 Å². The molecule has 0 saturated heterocycles. The summed E-state index contributed by atoms with van der Waals surface area (Å²) >= 11 is 0. The van der Waals surface area contributed by atoms with Crippen molar-refractivity contribution < 1.29 is 47.3 Å². The summed E-state index contributed by atoms with van der Waals surface area (Å²) in [5.74, 6) is -3.38. The summed E-state index contributed by atoms with van der Waals surface area (Å²) in [6.07, 6.45) is -0.436. The molecule has 0 heterocycles. The Balaban J connectivity index is 0.000000733. The first-order chi connectivity index (χ1) is 51.9. The van der Waals surface area contributed by atoms with Gasteiger partial charge in [0.2, 0.25) is 0 Å². The first-order valence-electron chi connectivity index (χ1n) is 45.0. The van der Waals surface area contributed by atoms with E-state index in [1.165, 1.54) is 6.92 Å². The molecule has 0 amide bonds. The number of carbonyl (C=O) groups is 5. The lowest BCUT2D eigenvalue weighted by Crippen LogP contribution is -2.32. The number of rotatable bonds is 20. The minimum absolute atomic E-state index is 0.00648. The van der Waals surface area contributed by atoms with Gasteiger partial charge < -0.3 is 0 Å². The number of hydrogen-bond donors (Lipinski definition) is 0. The Bertz CT molecular complexity index is 4150. The quantitative estimate of drug-likeness (QED) is 0.0775. The second-order valence-corrected chi connectivity index (χ2v) is 39.3. The highest BCUT2D eigenvalue weighted by Gasteiger charge is 2.37. The highest BCUT2D eigenvalue weighted by molar-refractivity contribution is 5.88. The molecule has 0 spiro atoms. The molecule has 0 saturated carbocycles. The van der Waals surface area contributed by atoms with Crippen molar-refractivity contribution in [1.82, 2.24) is 0 Å². The predicted octanol–water partition coefficient (Wildman–Crippen LogP) is 26.0. The molecule has 5 rings (SSSR count). The molecule has 0 unspecified atom stereocenters. The maximum absolute atomic E-state index is 13.1. The smallest absolute Gasteiger partial charge is 0.141 e. The van der Waals surface area contributed by atoms with Crippen molar-refractivity contribution in [3.8, 4) is 0 Å². The van der Waals surface area contributed by atoms with E-state index < -0.39 is 75.8 Å². The lowest BCUT2D eigenvalue weighted by molar-refractivity contribution is -0.132. The molecular weight excluding hydrogens is 1220 g/mol. The molecule has 7 atom stereocenters. The van der Waals surface area contributed by atoms with Crippen LogP contribution in [0.2, 0.25) is 0 Å². The van der Waals surface area contributed by atoms with Gasteiger partial charge in [-0.1, -0.05) is 357 Å². The first-order valence-corrected chi connectivity index (χ1v) is 36.3. The Labute approximate surface area is 640 Å². The second-order valence-electron chi connectivity index (χ2n) is 39.3. The van der Waals surface area contributed by atoms with Crippen LogP contribution < -0.4 is 0 Å². The van der Waals surface area contributed by atoms with Crippen molar-refractivity contribution in [3.05, 3.63) is 177 Å². The Hall–Kier alpha value is -5.55. The fourth-order valence-electron chi connectivity index (χ4n) is 11.3. The van der Waals surface area contributed by atoms with Gasteiger partial charge in [0.25, 0.3) is 0 Å². The second kappa shape index (κ2) is 38.3. The molecule has 5 heteroatoms. The van der Waals surface area contributed by atoms with Crippen LogP contribution in [0.15, 0.2) is 121 Å². The van der Waals surface area contributed by atoms with E-state index in [1.807, 2.05) is 151 Å². The summed E-state index contributed by atoms with van der Waals surface area (Å²) in [5, 5.41) is 0. The third-order valence-corrected chi connectivity index (χ3v) is 15.9. The van der Waals surface area contributed by atoms with E-state index in [0.717, 1.165) is 29.5 Å². The van der Waals surface area contributed by atoms with E-state index in [1.54, 1.807) is 71.0 Å². The van der Waals surface area contributed by atoms with Crippen molar-refractivity contribution in [2.24, 2.45) is 83.7 Å². The lowest BCUT2D eigenvalue weighted by Gasteiger charge is -2.30. The molecule has 5 aromatic carbocycles. The van der Waals surface area contributed by atoms with Crippen LogP contribution in [0.25, 0.3) is 0 Å². The summed E-state index contributed by atoms with van der Waals surface area (Å²) in [7, 11) is 0. The topological polar surface area (TPSA) is 85.3 Å². The summed E-state index contributed by atoms with van der Waals surface area (Å²) in [6, 6.07) is 14.2. The van der Waals surface area contributed by atoms with Crippen LogP contribution in [-0.4, -0.2) is 28.9 Å². The average molecular weight is 1390 g/mol. The fraction of sp³-hybridized carbons (Fsp3) is 0.632. The van der Waals surface area contributed by atoms with Crippen LogP contribution >= 0.6 is 0 Å². The highest BCUT2D eigenvalue weighted by atomic mass is 16.1. The molecule has 0 N–H and O–H groups in total. The van der Waals surface area contributed by atoms with Gasteiger partial charge in [0.15, 0.2) is 0 Å². The van der Waals surface area contributed by atoms with Gasteiger partial charge >= 0.3 is 0 Å². The van der Waals surface area contributed by atoms with Gasteiger partial charge in [0.1, 0.15) is 28.9 Å². The molecule has 0 aliphatic carbocycles. The van der Waals surface area contributed by atoms with Crippen LogP contribution in [0.5, 0.6) is 0 Å². The van der Waals surface area contributed by atoms with Crippen molar-refractivity contribution in [2.75, 3.05) is 0 Å². The maximum atomic E-state index is 13.1. The van der Waals surface area contributed by atoms with E-state index in [0.29, 0.717) is 66.5 Å². The lowest BCUT2D eigenvalue weighted by atomic mass is 9.73. The number of benzene rings is 5. The molecule has 0 aliphatic rings. The van der Waals surface area contributed by atoms with Gasteiger partial charge in [0, 0.05) is 63.5 Å². The predicted molar refractivity (Wildman–Crippen MR) is 435 cm³/mol. The Morgan fingerprint density at radius 3 is 0.970 bits per heavy atom. The summed E-state index contributed by atoms with van der Waals surface area (Å²) in [6.45, 7) is 67.3. The monoisotopic (exact) mass is 1390 g/mol. The average Bonchev–Trinajstić information content (AvgIpc) is 0.753. The third kappa shape index (κ3) is 39.8. The normalized spacial score (nSPS) is 17.6. The van der Waals surface area contributed by atoms with Crippen LogP contribution in [0.3, 0.4) is 0 Å². The van der Waals surface area contributed by atoms with Crippen LogP contribution in [0.4, 0.5) is 0 Å². The van der Waals surface area contributed by atoms with E-state index in [-0.39, 0.29) is 133 Å². The number of Topliss-reactive ketones (excluding diaryl/α,β-unsaturated/α-hetero) is 5. The van der Waals surface area contributed by atoms with Crippen LogP contribution in [0, 0.1) is 118 Å². The standard InChI is InChI=1S/5C19H30O/c3*1-14-8-10-15(11-9-14)12-16(13-18(2,3)4)17(20)19(5,6)7;2*1-14-9-8-10-15(11-14)12-16(13-18(2,3)4)17(20)19(5,6)7/h5*8-11,16H,12-13H2,1-7H3/t5*16-/m11111/s1/i10D,11D;8D,9D;12D2;8D,9D,10D,11D,12D,16D;8D,9D,10D,11D,12D/t3m;12-,16-;12-,16+/m11110. The van der Waals surface area contributed by atoms with Gasteiger partial charge in [-0.2, -0.15) is 0 Å². The fourth-order valence-corrected chi connectivity index (χ4v) is 11.3. The van der Waals surface area contributed by atoms with Crippen LogP contribution in [-0.2, 0) is 56.0 Å². The number of ketones is 5. The number of carbonyl (C=O) groups excluding carboxylic acids is 5. The van der Waals surface area contributed by atoms with Crippen molar-refractivity contribution in [2.45, 2.75) is 306 Å². The minimum Gasteiger partial charge on any atom is -0.299 e. The van der Waals surface area contributed by atoms with E-state index >= 15 is 0 Å². The first kappa shape index (κ1) is 66.4. The SMILES string of the molecule is [2H]C([2H])(c1ccc(C)cc1)[C@H](CC(C)(C)C)C(=O)C(C)(C)C.[2H]c1c([2H])c(C)c([2H])c([C@@H]([2H])[C@]([2H])(CC(C)(C)C)C(=O)C(C)(C)C)c1[2H].[2H]c1c([2H])c(C)c([2H])c([C@H]([2H])[C@H](CC(C)(C)C)C(=O)C(C)(C)C)c1[2H].[2H]c1cc(C)cc([2H])c1C[C@H](CC(C)(C)C)C(=O)C(C)(C)C.[2H]c1cc(C[C@H](CC(C)(C)C)C(=O)C(C)(C)C)cc([2H])c1C. The van der Waals surface area contributed by atoms with Gasteiger partial charge in [-0.3, -0.25) is 24.0 Å². The van der Waals surface area contributed by atoms with E-state index in [4.69, 9.17) is 23.3 Å². The molecule has 560 valence electrons. The van der Waals surface area contributed by atoms with Crippen LogP contribution in [0.1, 0.15) is 319 Å². The van der Waals surface area contributed by atoms with E-state index in [2.05, 4.69) is 62.3 Å². The molecule has 0 aliphatic heterocycles. The molecule has 5 aromatic rings. The Kier molecular flexibility index (Phi) is 25.4. The van der Waals surface area contributed by atoms with Gasteiger partial charge in [-0.25, -0.2) is 0 Å². The molecule has 0 radical (unpaired) electrons. The number of hydrogen-bond acceptors (Lipinski definition) is 5. The number of aryl methyl sites for hydroxylation is 2. The molecule has 0 aromatic heterocycles. The molecular formula is C95H150O5. The summed E-state index contributed by atoms with van der Waals surface area (Å²) in [5.41, 5.74) is 1.97. The van der Waals surface area contributed by atoms with E-state index in [9.17, 15) is 24.0 Å². The Morgan fingerprint density at radius 1 is 0.300 bits per heavy atom. The van der Waals surface area contributed by atoms with Gasteiger partial charge in [-0.15, -0.1) is 0 Å².